The molecule has 0 aliphatic carbocycles. The van der Waals surface area contributed by atoms with Gasteiger partial charge in [0.1, 0.15) is 5.56 Å². The highest BCUT2D eigenvalue weighted by atomic mass is 35.5. The van der Waals surface area contributed by atoms with Gasteiger partial charge in [-0.1, -0.05) is 31.0 Å². The summed E-state index contributed by atoms with van der Waals surface area (Å²) in [5.41, 5.74) is 5.97. The molecule has 0 saturated carbocycles. The molecule has 1 aromatic heterocycles. The smallest absolute Gasteiger partial charge is 0.223 e. The molecule has 2 rings (SSSR count). The molecular formula is C23H31ClN2O2. The summed E-state index contributed by atoms with van der Waals surface area (Å²) < 4.78 is 7.77. The van der Waals surface area contributed by atoms with Crippen molar-refractivity contribution in [1.82, 2.24) is 9.78 Å². The highest BCUT2D eigenvalue weighted by molar-refractivity contribution is 6.32. The fourth-order valence-electron chi connectivity index (χ4n) is 3.30. The van der Waals surface area contributed by atoms with Crippen LogP contribution >= 0.6 is 11.6 Å². The van der Waals surface area contributed by atoms with Gasteiger partial charge in [0.15, 0.2) is 0 Å². The third-order valence-electron chi connectivity index (χ3n) is 4.97. The zero-order valence-corrected chi connectivity index (χ0v) is 18.8. The fraction of sp³-hybridized carbons (Fsp3) is 0.478. The van der Waals surface area contributed by atoms with E-state index < -0.39 is 0 Å². The quantitative estimate of drug-likeness (QED) is 0.480. The molecule has 0 saturated heterocycles. The zero-order chi connectivity index (χ0) is 21.0. The van der Waals surface area contributed by atoms with Crippen LogP contribution in [0.2, 0.25) is 5.02 Å². The maximum Gasteiger partial charge on any atom is 0.223 e. The minimum absolute atomic E-state index is 0.0667. The Hall–Kier alpha value is -2.07. The first-order valence-corrected chi connectivity index (χ1v) is 10.3. The monoisotopic (exact) mass is 402 g/mol. The number of ether oxygens (including phenoxy) is 1. The predicted molar refractivity (Wildman–Crippen MR) is 117 cm³/mol. The summed E-state index contributed by atoms with van der Waals surface area (Å²) in [4.78, 5) is 13.6. The van der Waals surface area contributed by atoms with E-state index in [9.17, 15) is 4.79 Å². The van der Waals surface area contributed by atoms with Gasteiger partial charge in [0.25, 0.3) is 0 Å². The Morgan fingerprint density at radius 2 is 1.79 bits per heavy atom. The number of hydrogen-bond donors (Lipinski definition) is 0. The second-order valence-corrected chi connectivity index (χ2v) is 7.79. The van der Waals surface area contributed by atoms with Crippen molar-refractivity contribution < 1.29 is 9.53 Å². The van der Waals surface area contributed by atoms with E-state index in [1.807, 2.05) is 44.5 Å². The van der Waals surface area contributed by atoms with Crippen molar-refractivity contribution in [3.05, 3.63) is 50.7 Å². The molecule has 1 heterocycles. The van der Waals surface area contributed by atoms with Crippen LogP contribution in [0.25, 0.3) is 5.57 Å². The summed E-state index contributed by atoms with van der Waals surface area (Å²) in [5, 5.41) is 5.23. The van der Waals surface area contributed by atoms with Crippen molar-refractivity contribution in [1.29, 1.82) is 0 Å². The summed E-state index contributed by atoms with van der Waals surface area (Å²) in [6.45, 7) is 15.4. The number of carbonyl (C=O) groups excluding carboxylic acids is 1. The molecule has 0 atom stereocenters. The van der Waals surface area contributed by atoms with Crippen molar-refractivity contribution in [3.63, 3.8) is 0 Å². The Balaban J connectivity index is 2.64. The van der Waals surface area contributed by atoms with Crippen LogP contribution < -0.4 is 4.74 Å². The second kappa shape index (κ2) is 9.42. The molecule has 5 heteroatoms. The van der Waals surface area contributed by atoms with Crippen molar-refractivity contribution in [3.8, 4) is 5.88 Å². The maximum atomic E-state index is 13.6. The summed E-state index contributed by atoms with van der Waals surface area (Å²) in [5.74, 6) is 0.504. The first-order valence-electron chi connectivity index (χ1n) is 9.92. The molecule has 1 aromatic carbocycles. The van der Waals surface area contributed by atoms with Gasteiger partial charge in [-0.05, 0) is 76.3 Å². The second-order valence-electron chi connectivity index (χ2n) is 7.39. The largest absolute Gasteiger partial charge is 0.477 e. The highest BCUT2D eigenvalue weighted by Crippen LogP contribution is 2.34. The Bertz CT molecular complexity index is 906. The summed E-state index contributed by atoms with van der Waals surface area (Å²) >= 11 is 6.48. The Morgan fingerprint density at radius 1 is 1.11 bits per heavy atom. The van der Waals surface area contributed by atoms with E-state index in [4.69, 9.17) is 16.3 Å². The molecule has 0 amide bonds. The van der Waals surface area contributed by atoms with Gasteiger partial charge in [-0.2, -0.15) is 5.10 Å². The van der Waals surface area contributed by atoms with Crippen LogP contribution in [-0.4, -0.2) is 22.2 Å². The minimum Gasteiger partial charge on any atom is -0.477 e. The number of halogens is 1. The number of aryl methyl sites for hydroxylation is 2. The lowest BCUT2D eigenvalue weighted by molar-refractivity contribution is 0.103. The number of hydrogen-bond acceptors (Lipinski definition) is 3. The number of ketones is 1. The van der Waals surface area contributed by atoms with Crippen molar-refractivity contribution >= 4 is 23.0 Å². The van der Waals surface area contributed by atoms with E-state index in [1.54, 1.807) is 0 Å². The van der Waals surface area contributed by atoms with Crippen molar-refractivity contribution in [2.24, 2.45) is 0 Å². The lowest BCUT2D eigenvalue weighted by Gasteiger charge is -2.15. The number of aromatic nitrogens is 2. The SMILES string of the molecule is CCCOc1c(C(=O)c2ccc(Cl)c(C(C)=C(C)C)c2C)c(C)nn1CCC. The molecule has 0 fully saturated rings. The lowest BCUT2D eigenvalue weighted by atomic mass is 9.91. The standard InChI is InChI=1S/C23H31ClN2O2/c1-8-12-26-23(28-13-9-2)21(17(7)25-26)22(27)18-10-11-19(24)20(16(18)6)15(5)14(3)4/h10-11H,8-9,12-13H2,1-7H3. The molecule has 0 aliphatic rings. The van der Waals surface area contributed by atoms with Crippen LogP contribution in [0, 0.1) is 13.8 Å². The normalized spacial score (nSPS) is 10.9. The Kier molecular flexibility index (Phi) is 7.48. The minimum atomic E-state index is -0.0667. The predicted octanol–water partition coefficient (Wildman–Crippen LogP) is 6.40. The number of nitrogens with zero attached hydrogens (tertiary/aromatic N) is 2. The number of allylic oxidation sites excluding steroid dienone is 2. The van der Waals surface area contributed by atoms with Crippen LogP contribution in [0.5, 0.6) is 5.88 Å². The van der Waals surface area contributed by atoms with E-state index >= 15 is 0 Å². The third kappa shape index (κ3) is 4.33. The van der Waals surface area contributed by atoms with Crippen LogP contribution in [0.3, 0.4) is 0 Å². The zero-order valence-electron chi connectivity index (χ0n) is 18.1. The van der Waals surface area contributed by atoms with Gasteiger partial charge in [0.05, 0.1) is 12.3 Å². The van der Waals surface area contributed by atoms with Crippen LogP contribution in [-0.2, 0) is 6.54 Å². The average molecular weight is 403 g/mol. The van der Waals surface area contributed by atoms with E-state index in [0.29, 0.717) is 34.3 Å². The van der Waals surface area contributed by atoms with E-state index in [-0.39, 0.29) is 5.78 Å². The van der Waals surface area contributed by atoms with Crippen molar-refractivity contribution in [2.45, 2.75) is 67.9 Å². The Morgan fingerprint density at radius 3 is 2.36 bits per heavy atom. The summed E-state index contributed by atoms with van der Waals surface area (Å²) in [6.07, 6.45) is 1.79. The highest BCUT2D eigenvalue weighted by Gasteiger charge is 2.26. The molecule has 0 bridgehead atoms. The van der Waals surface area contributed by atoms with Gasteiger partial charge >= 0.3 is 0 Å². The molecule has 0 radical (unpaired) electrons. The van der Waals surface area contributed by atoms with E-state index in [1.165, 1.54) is 5.57 Å². The lowest BCUT2D eigenvalue weighted by Crippen LogP contribution is -2.11. The molecule has 0 unspecified atom stereocenters. The van der Waals surface area contributed by atoms with E-state index in [2.05, 4.69) is 25.9 Å². The first kappa shape index (κ1) is 22.2. The number of rotatable bonds is 8. The van der Waals surface area contributed by atoms with Gasteiger partial charge in [0.2, 0.25) is 11.7 Å². The van der Waals surface area contributed by atoms with Gasteiger partial charge in [-0.15, -0.1) is 0 Å². The number of carbonyl (C=O) groups is 1. The Labute approximate surface area is 173 Å². The molecule has 152 valence electrons. The summed E-state index contributed by atoms with van der Waals surface area (Å²) in [6, 6.07) is 3.61. The van der Waals surface area contributed by atoms with Crippen LogP contribution in [0.4, 0.5) is 0 Å². The van der Waals surface area contributed by atoms with Crippen LogP contribution in [0.15, 0.2) is 17.7 Å². The van der Waals surface area contributed by atoms with E-state index in [0.717, 1.165) is 36.1 Å². The van der Waals surface area contributed by atoms with Gasteiger partial charge in [-0.25, -0.2) is 4.68 Å². The van der Waals surface area contributed by atoms with Gasteiger partial charge in [0, 0.05) is 17.1 Å². The molecule has 2 aromatic rings. The summed E-state index contributed by atoms with van der Waals surface area (Å²) in [7, 11) is 0. The third-order valence-corrected chi connectivity index (χ3v) is 5.28. The average Bonchev–Trinajstić information content (AvgIpc) is 2.94. The maximum absolute atomic E-state index is 13.6. The van der Waals surface area contributed by atoms with Gasteiger partial charge < -0.3 is 4.74 Å². The molecule has 4 nitrogen and oxygen atoms in total. The molecule has 0 spiro atoms. The van der Waals surface area contributed by atoms with Crippen LogP contribution in [0.1, 0.15) is 80.2 Å². The molecular weight excluding hydrogens is 372 g/mol. The number of benzene rings is 1. The molecule has 0 aliphatic heterocycles. The first-order chi connectivity index (χ1) is 13.2. The van der Waals surface area contributed by atoms with Crippen molar-refractivity contribution in [2.75, 3.05) is 6.61 Å². The molecule has 28 heavy (non-hydrogen) atoms. The topological polar surface area (TPSA) is 44.1 Å². The van der Waals surface area contributed by atoms with Gasteiger partial charge in [-0.3, -0.25) is 4.79 Å². The molecule has 0 N–H and O–H groups in total. The fourth-order valence-corrected chi connectivity index (χ4v) is 3.65.